The fourth-order valence-corrected chi connectivity index (χ4v) is 7.24. The molecule has 9 nitrogen and oxygen atoms in total. The van der Waals surface area contributed by atoms with Crippen LogP contribution in [0.5, 0.6) is 6.01 Å². The minimum absolute atomic E-state index is 0.0438. The molecule has 2 fully saturated rings. The fraction of sp³-hybridized carbons (Fsp3) is 0.471. The minimum atomic E-state index is -1.04. The number of carbonyl (C=O) groups excluding carboxylic acids is 1. The number of hydrogen-bond acceptors (Lipinski definition) is 8. The molecule has 2 saturated heterocycles. The van der Waals surface area contributed by atoms with Crippen molar-refractivity contribution < 1.29 is 18.3 Å². The van der Waals surface area contributed by atoms with Gasteiger partial charge in [0.25, 0.3) is 5.91 Å². The first-order valence-electron chi connectivity index (χ1n) is 15.6. The molecule has 12 heteroatoms. The van der Waals surface area contributed by atoms with Gasteiger partial charge in [0, 0.05) is 54.4 Å². The van der Waals surface area contributed by atoms with E-state index in [1.165, 1.54) is 11.0 Å². The van der Waals surface area contributed by atoms with Crippen LogP contribution in [-0.2, 0) is 17.8 Å². The molecule has 3 aromatic rings. The average Bonchev–Trinajstić information content (AvgIpc) is 3.31. The number of nitriles is 1. The van der Waals surface area contributed by atoms with E-state index in [2.05, 4.69) is 43.3 Å². The number of piperazine rings is 1. The average molecular weight is 650 g/mol. The van der Waals surface area contributed by atoms with Crippen LogP contribution in [0.4, 0.5) is 20.3 Å². The van der Waals surface area contributed by atoms with Crippen LogP contribution < -0.4 is 14.5 Å². The number of hydrogen-bond donors (Lipinski definition) is 0. The monoisotopic (exact) mass is 649 g/mol. The van der Waals surface area contributed by atoms with Gasteiger partial charge in [-0.25, -0.2) is 8.78 Å². The van der Waals surface area contributed by atoms with Gasteiger partial charge in [-0.3, -0.25) is 9.69 Å². The van der Waals surface area contributed by atoms with Crippen LogP contribution in [0.25, 0.3) is 10.8 Å². The van der Waals surface area contributed by atoms with Crippen LogP contribution >= 0.6 is 11.6 Å². The summed E-state index contributed by atoms with van der Waals surface area (Å²) in [7, 11) is 2.11. The summed E-state index contributed by atoms with van der Waals surface area (Å²) in [5, 5.41) is 11.1. The second kappa shape index (κ2) is 12.6. The minimum Gasteiger partial charge on any atom is -0.462 e. The van der Waals surface area contributed by atoms with Gasteiger partial charge in [0.15, 0.2) is 5.83 Å². The molecule has 4 heterocycles. The summed E-state index contributed by atoms with van der Waals surface area (Å²) in [6.45, 7) is 9.99. The third-order valence-electron chi connectivity index (χ3n) is 9.88. The van der Waals surface area contributed by atoms with Gasteiger partial charge in [0.1, 0.15) is 18.2 Å². The van der Waals surface area contributed by atoms with Crippen LogP contribution in [0.15, 0.2) is 42.7 Å². The molecule has 0 bridgehead atoms. The molecule has 0 spiro atoms. The van der Waals surface area contributed by atoms with E-state index in [1.807, 2.05) is 23.1 Å². The van der Waals surface area contributed by atoms with E-state index in [9.17, 15) is 18.8 Å². The Hall–Kier alpha value is -4.01. The Bertz CT molecular complexity index is 1730. The predicted octanol–water partition coefficient (Wildman–Crippen LogP) is 5.65. The lowest BCUT2D eigenvalue weighted by Crippen LogP contribution is -2.55. The number of anilines is 2. The van der Waals surface area contributed by atoms with Gasteiger partial charge in [-0.05, 0) is 57.7 Å². The number of carbonyl (C=O) groups is 1. The van der Waals surface area contributed by atoms with Crippen LogP contribution in [0, 0.1) is 17.1 Å². The van der Waals surface area contributed by atoms with Gasteiger partial charge in [0.2, 0.25) is 0 Å². The van der Waals surface area contributed by atoms with E-state index >= 15 is 0 Å². The normalized spacial score (nSPS) is 21.3. The van der Waals surface area contributed by atoms with Crippen molar-refractivity contribution in [3.05, 3.63) is 64.8 Å². The van der Waals surface area contributed by atoms with Crippen molar-refractivity contribution in [2.24, 2.45) is 0 Å². The third kappa shape index (κ3) is 5.96. The highest BCUT2D eigenvalue weighted by Gasteiger charge is 2.38. The van der Waals surface area contributed by atoms with Crippen molar-refractivity contribution in [1.82, 2.24) is 19.8 Å². The number of likely N-dealkylation sites (tertiary alicyclic amines) is 1. The maximum Gasteiger partial charge on any atom is 0.318 e. The molecule has 0 aliphatic carbocycles. The standard InChI is InChI=1S/C34H38ClF2N7O2/c1-21(36)32(45)44-17-16-43(18-23(44)11-14-38)31-25-12-15-42(28-7-5-6-22-8-9-26(37)30(35)29(22)28)19-27(25)39-33(40-31)46-20-24-10-13-34(2,3)41(24)4/h5-9,23-24H,1,10-13,15-20H2,2-4H3/t23-,24?/m0/s1. The van der Waals surface area contributed by atoms with Crippen LogP contribution in [0.2, 0.25) is 5.02 Å². The van der Waals surface area contributed by atoms with Crippen molar-refractivity contribution in [2.45, 2.75) is 63.7 Å². The van der Waals surface area contributed by atoms with Crippen molar-refractivity contribution >= 4 is 39.8 Å². The molecule has 46 heavy (non-hydrogen) atoms. The number of aromatic nitrogens is 2. The number of halogens is 3. The van der Waals surface area contributed by atoms with Crippen molar-refractivity contribution in [3.63, 3.8) is 0 Å². The first kappa shape index (κ1) is 32.0. The number of rotatable bonds is 7. The molecule has 0 N–H and O–H groups in total. The third-order valence-corrected chi connectivity index (χ3v) is 10.2. The smallest absolute Gasteiger partial charge is 0.318 e. The van der Waals surface area contributed by atoms with E-state index < -0.39 is 23.6 Å². The molecule has 2 atom stereocenters. The first-order valence-corrected chi connectivity index (χ1v) is 16.0. The highest BCUT2D eigenvalue weighted by Crippen LogP contribution is 2.39. The van der Waals surface area contributed by atoms with Crippen LogP contribution in [0.3, 0.4) is 0 Å². The maximum atomic E-state index is 14.6. The second-order valence-corrected chi connectivity index (χ2v) is 13.3. The lowest BCUT2D eigenvalue weighted by atomic mass is 10.0. The molecule has 0 saturated carbocycles. The van der Waals surface area contributed by atoms with Gasteiger partial charge in [-0.15, -0.1) is 0 Å². The van der Waals surface area contributed by atoms with E-state index in [4.69, 9.17) is 26.3 Å². The first-order chi connectivity index (χ1) is 22.0. The second-order valence-electron chi connectivity index (χ2n) is 13.0. The van der Waals surface area contributed by atoms with E-state index in [0.717, 1.165) is 35.2 Å². The predicted molar refractivity (Wildman–Crippen MR) is 174 cm³/mol. The SMILES string of the molecule is C=C(F)C(=O)N1CCN(c2nc(OCC3CCC(C)(C)N3C)nc3c2CCN(c2cccc4ccc(F)c(Cl)c24)C3)C[C@@H]1CC#N. The molecule has 2 aromatic carbocycles. The number of likely N-dealkylation sites (N-methyl/N-ethyl adjacent to an activating group) is 1. The molecular weight excluding hydrogens is 612 g/mol. The van der Waals surface area contributed by atoms with Gasteiger partial charge in [-0.1, -0.05) is 36.4 Å². The van der Waals surface area contributed by atoms with E-state index in [1.54, 1.807) is 6.07 Å². The molecule has 6 rings (SSSR count). The Morgan fingerprint density at radius 3 is 2.70 bits per heavy atom. The highest BCUT2D eigenvalue weighted by molar-refractivity contribution is 6.36. The Morgan fingerprint density at radius 2 is 1.98 bits per heavy atom. The van der Waals surface area contributed by atoms with Crippen LogP contribution in [0.1, 0.15) is 44.4 Å². The zero-order chi connectivity index (χ0) is 32.7. The fourth-order valence-electron chi connectivity index (χ4n) is 6.98. The molecule has 3 aliphatic rings. The zero-order valence-corrected chi connectivity index (χ0v) is 27.2. The van der Waals surface area contributed by atoms with E-state index in [0.29, 0.717) is 50.4 Å². The lowest BCUT2D eigenvalue weighted by molar-refractivity contribution is -0.131. The number of nitrogens with zero attached hydrogens (tertiary/aromatic N) is 7. The maximum absolute atomic E-state index is 14.6. The molecule has 0 radical (unpaired) electrons. The Kier molecular flexibility index (Phi) is 8.79. The topological polar surface area (TPSA) is 88.8 Å². The Morgan fingerprint density at radius 1 is 1.17 bits per heavy atom. The summed E-state index contributed by atoms with van der Waals surface area (Å²) in [6, 6.07) is 11.0. The molecule has 3 aliphatic heterocycles. The Balaban J connectivity index is 1.35. The lowest BCUT2D eigenvalue weighted by Gasteiger charge is -2.42. The summed E-state index contributed by atoms with van der Waals surface area (Å²) < 4.78 is 34.7. The van der Waals surface area contributed by atoms with Crippen molar-refractivity contribution in [1.29, 1.82) is 5.26 Å². The van der Waals surface area contributed by atoms with Crippen molar-refractivity contribution in [3.8, 4) is 12.1 Å². The van der Waals surface area contributed by atoms with Gasteiger partial charge in [-0.2, -0.15) is 15.2 Å². The Labute approximate surface area is 273 Å². The molecule has 1 unspecified atom stereocenters. The summed E-state index contributed by atoms with van der Waals surface area (Å²) in [6.07, 6.45) is 2.70. The largest absolute Gasteiger partial charge is 0.462 e. The summed E-state index contributed by atoms with van der Waals surface area (Å²) in [4.78, 5) is 30.3. The molecule has 242 valence electrons. The number of benzene rings is 2. The molecule has 1 aromatic heterocycles. The summed E-state index contributed by atoms with van der Waals surface area (Å²) in [5.41, 5.74) is 2.62. The zero-order valence-electron chi connectivity index (χ0n) is 26.4. The van der Waals surface area contributed by atoms with Crippen molar-refractivity contribution in [2.75, 3.05) is 49.6 Å². The van der Waals surface area contributed by atoms with E-state index in [-0.39, 0.29) is 35.6 Å². The quantitative estimate of drug-likeness (QED) is 0.304. The molecule has 1 amide bonds. The molecular formula is C34H38ClF2N7O2. The number of ether oxygens (including phenoxy) is 1. The summed E-state index contributed by atoms with van der Waals surface area (Å²) >= 11 is 6.49. The summed E-state index contributed by atoms with van der Waals surface area (Å²) in [5.74, 6) is -1.62. The van der Waals surface area contributed by atoms with Crippen LogP contribution in [-0.4, -0.2) is 83.1 Å². The van der Waals surface area contributed by atoms with Gasteiger partial charge < -0.3 is 19.4 Å². The number of fused-ring (bicyclic) bond motifs is 2. The highest BCUT2D eigenvalue weighted by atomic mass is 35.5. The van der Waals surface area contributed by atoms with Gasteiger partial charge in [0.05, 0.1) is 35.8 Å². The number of amides is 1. The van der Waals surface area contributed by atoms with Gasteiger partial charge >= 0.3 is 6.01 Å².